The molecule has 0 aliphatic heterocycles. The first-order chi connectivity index (χ1) is 16.3. The molecule has 0 saturated heterocycles. The predicted octanol–water partition coefficient (Wildman–Crippen LogP) is 5.73. The van der Waals surface area contributed by atoms with Gasteiger partial charge in [0, 0.05) is 40.3 Å². The molecule has 5 rings (SSSR count). The van der Waals surface area contributed by atoms with Crippen molar-refractivity contribution in [3.63, 3.8) is 0 Å². The Kier molecular flexibility index (Phi) is 5.47. The summed E-state index contributed by atoms with van der Waals surface area (Å²) in [5.74, 6) is 0.342. The quantitative estimate of drug-likeness (QED) is 0.363. The van der Waals surface area contributed by atoms with E-state index in [-0.39, 0.29) is 18.9 Å². The van der Waals surface area contributed by atoms with E-state index in [1.165, 1.54) is 12.1 Å². The van der Waals surface area contributed by atoms with Gasteiger partial charge in [-0.2, -0.15) is 13.2 Å². The fourth-order valence-electron chi connectivity index (χ4n) is 3.91. The maximum absolute atomic E-state index is 12.9. The first-order valence-electron chi connectivity index (χ1n) is 10.8. The van der Waals surface area contributed by atoms with Crippen molar-refractivity contribution in [3.8, 4) is 17.1 Å². The molecule has 1 fully saturated rings. The standard InChI is InChI=1S/C25H20F3N3O3/c26-25(27,28)18-5-3-15(4-6-18)24-30-12-17(23(31-24)14-1-2-14)13-34-19-7-8-21-20(10-19)16(11-29-21)9-22(32)33/h3-8,10-12,14,29H,1-2,9,13H2,(H,32,33). The number of ether oxygens (including phenoxy) is 1. The number of aromatic nitrogens is 3. The normalized spacial score (nSPS) is 13.9. The van der Waals surface area contributed by atoms with Crippen LogP contribution >= 0.6 is 0 Å². The highest BCUT2D eigenvalue weighted by Crippen LogP contribution is 2.41. The van der Waals surface area contributed by atoms with Crippen LogP contribution in [0.25, 0.3) is 22.3 Å². The van der Waals surface area contributed by atoms with Crippen LogP contribution in [0.3, 0.4) is 0 Å². The topological polar surface area (TPSA) is 88.1 Å². The van der Waals surface area contributed by atoms with Gasteiger partial charge in [0.25, 0.3) is 0 Å². The lowest BCUT2D eigenvalue weighted by Crippen LogP contribution is -2.06. The molecule has 0 amide bonds. The van der Waals surface area contributed by atoms with Crippen molar-refractivity contribution in [2.24, 2.45) is 0 Å². The number of alkyl halides is 3. The van der Waals surface area contributed by atoms with Crippen molar-refractivity contribution >= 4 is 16.9 Å². The van der Waals surface area contributed by atoms with Gasteiger partial charge in [0.15, 0.2) is 5.82 Å². The number of hydrogen-bond acceptors (Lipinski definition) is 4. The first kappa shape index (κ1) is 21.9. The van der Waals surface area contributed by atoms with E-state index in [0.29, 0.717) is 22.7 Å². The summed E-state index contributed by atoms with van der Waals surface area (Å²) < 4.78 is 44.5. The Balaban J connectivity index is 1.37. The number of carboxylic acid groups (broad SMARTS) is 1. The summed E-state index contributed by atoms with van der Waals surface area (Å²) in [7, 11) is 0. The van der Waals surface area contributed by atoms with Gasteiger partial charge in [0.1, 0.15) is 12.4 Å². The summed E-state index contributed by atoms with van der Waals surface area (Å²) in [6, 6.07) is 10.3. The Bertz CT molecular complexity index is 1360. The minimum atomic E-state index is -4.39. The van der Waals surface area contributed by atoms with Crippen molar-refractivity contribution in [2.45, 2.75) is 38.0 Å². The second-order valence-corrected chi connectivity index (χ2v) is 8.33. The average Bonchev–Trinajstić information content (AvgIpc) is 3.59. The predicted molar refractivity (Wildman–Crippen MR) is 118 cm³/mol. The SMILES string of the molecule is O=C(O)Cc1c[nH]c2ccc(OCc3cnc(-c4ccc(C(F)(F)F)cc4)nc3C3CC3)cc12. The molecular formula is C25H20F3N3O3. The van der Waals surface area contributed by atoms with Gasteiger partial charge in [-0.25, -0.2) is 9.97 Å². The van der Waals surface area contributed by atoms with Gasteiger partial charge in [-0.3, -0.25) is 4.79 Å². The van der Waals surface area contributed by atoms with Crippen LogP contribution in [-0.2, 0) is 24.0 Å². The van der Waals surface area contributed by atoms with E-state index in [2.05, 4.69) is 15.0 Å². The third kappa shape index (κ3) is 4.59. The maximum Gasteiger partial charge on any atom is 0.416 e. The summed E-state index contributed by atoms with van der Waals surface area (Å²) >= 11 is 0. The number of carbonyl (C=O) groups is 1. The van der Waals surface area contributed by atoms with E-state index in [4.69, 9.17) is 9.84 Å². The molecule has 2 heterocycles. The van der Waals surface area contributed by atoms with Crippen LogP contribution in [0, 0.1) is 0 Å². The molecule has 1 aliphatic rings. The molecule has 2 aromatic heterocycles. The van der Waals surface area contributed by atoms with Gasteiger partial charge in [-0.1, -0.05) is 12.1 Å². The number of aromatic amines is 1. The average molecular weight is 467 g/mol. The number of rotatable bonds is 7. The van der Waals surface area contributed by atoms with Crippen molar-refractivity contribution in [2.75, 3.05) is 0 Å². The van der Waals surface area contributed by atoms with Crippen molar-refractivity contribution in [3.05, 3.63) is 77.2 Å². The molecular weight excluding hydrogens is 447 g/mol. The molecule has 0 unspecified atom stereocenters. The number of nitrogens with zero attached hydrogens (tertiary/aromatic N) is 2. The molecule has 9 heteroatoms. The van der Waals surface area contributed by atoms with E-state index < -0.39 is 17.7 Å². The van der Waals surface area contributed by atoms with Crippen LogP contribution in [0.4, 0.5) is 13.2 Å². The highest BCUT2D eigenvalue weighted by molar-refractivity contribution is 5.88. The first-order valence-corrected chi connectivity index (χ1v) is 10.8. The van der Waals surface area contributed by atoms with Gasteiger partial charge < -0.3 is 14.8 Å². The molecule has 0 atom stereocenters. The number of fused-ring (bicyclic) bond motifs is 1. The van der Waals surface area contributed by atoms with Crippen molar-refractivity contribution in [1.82, 2.24) is 15.0 Å². The fourth-order valence-corrected chi connectivity index (χ4v) is 3.91. The Hall–Kier alpha value is -3.88. The van der Waals surface area contributed by atoms with Gasteiger partial charge in [-0.05, 0) is 48.7 Å². The highest BCUT2D eigenvalue weighted by atomic mass is 19.4. The number of nitrogens with one attached hydrogen (secondary N) is 1. The van der Waals surface area contributed by atoms with Crippen molar-refractivity contribution < 1.29 is 27.8 Å². The molecule has 0 spiro atoms. The third-order valence-corrected chi connectivity index (χ3v) is 5.81. The Morgan fingerprint density at radius 3 is 2.56 bits per heavy atom. The zero-order valence-electron chi connectivity index (χ0n) is 17.9. The summed E-state index contributed by atoms with van der Waals surface area (Å²) in [6.07, 6.45) is 0.848. The van der Waals surface area contributed by atoms with E-state index in [0.717, 1.165) is 47.1 Å². The van der Waals surface area contributed by atoms with Crippen LogP contribution in [0.1, 0.15) is 41.1 Å². The summed E-state index contributed by atoms with van der Waals surface area (Å²) in [5, 5.41) is 9.89. The summed E-state index contributed by atoms with van der Waals surface area (Å²) in [5.41, 5.74) is 2.97. The number of aliphatic carboxylic acids is 1. The van der Waals surface area contributed by atoms with Crippen molar-refractivity contribution in [1.29, 1.82) is 0 Å². The summed E-state index contributed by atoms with van der Waals surface area (Å²) in [4.78, 5) is 23.2. The largest absolute Gasteiger partial charge is 0.489 e. The number of halogens is 3. The van der Waals surface area contributed by atoms with Crippen LogP contribution in [0.15, 0.2) is 54.9 Å². The van der Waals surface area contributed by atoms with Gasteiger partial charge in [0.05, 0.1) is 17.7 Å². The molecule has 6 nitrogen and oxygen atoms in total. The summed E-state index contributed by atoms with van der Waals surface area (Å²) in [6.45, 7) is 0.226. The molecule has 2 aromatic carbocycles. The lowest BCUT2D eigenvalue weighted by Gasteiger charge is -2.12. The molecule has 0 bridgehead atoms. The number of hydrogen-bond donors (Lipinski definition) is 2. The minimum Gasteiger partial charge on any atom is -0.489 e. The van der Waals surface area contributed by atoms with Crippen LogP contribution in [0.5, 0.6) is 5.75 Å². The number of benzene rings is 2. The second kappa shape index (κ2) is 8.48. The third-order valence-electron chi connectivity index (χ3n) is 5.81. The molecule has 34 heavy (non-hydrogen) atoms. The minimum absolute atomic E-state index is 0.0888. The van der Waals surface area contributed by atoms with E-state index >= 15 is 0 Å². The van der Waals surface area contributed by atoms with Crippen LogP contribution in [-0.4, -0.2) is 26.0 Å². The smallest absolute Gasteiger partial charge is 0.416 e. The monoisotopic (exact) mass is 467 g/mol. The van der Waals surface area contributed by atoms with E-state index in [9.17, 15) is 18.0 Å². The molecule has 2 N–H and O–H groups in total. The molecule has 0 radical (unpaired) electrons. The lowest BCUT2D eigenvalue weighted by molar-refractivity contribution is -0.138. The Morgan fingerprint density at radius 2 is 1.88 bits per heavy atom. The molecule has 1 aliphatic carbocycles. The molecule has 1 saturated carbocycles. The number of H-pyrrole nitrogens is 1. The van der Waals surface area contributed by atoms with Gasteiger partial charge in [-0.15, -0.1) is 0 Å². The van der Waals surface area contributed by atoms with E-state index in [1.807, 2.05) is 6.07 Å². The highest BCUT2D eigenvalue weighted by Gasteiger charge is 2.31. The second-order valence-electron chi connectivity index (χ2n) is 8.33. The van der Waals surface area contributed by atoms with Crippen LogP contribution < -0.4 is 4.74 Å². The van der Waals surface area contributed by atoms with Gasteiger partial charge in [0.2, 0.25) is 0 Å². The zero-order chi connectivity index (χ0) is 23.9. The Morgan fingerprint density at radius 1 is 1.12 bits per heavy atom. The van der Waals surface area contributed by atoms with E-state index in [1.54, 1.807) is 24.5 Å². The van der Waals surface area contributed by atoms with Crippen LogP contribution in [0.2, 0.25) is 0 Å². The molecule has 174 valence electrons. The zero-order valence-corrected chi connectivity index (χ0v) is 17.9. The number of carboxylic acids is 1. The lowest BCUT2D eigenvalue weighted by atomic mass is 10.1. The van der Waals surface area contributed by atoms with Gasteiger partial charge >= 0.3 is 12.1 Å². The molecule has 4 aromatic rings. The maximum atomic E-state index is 12.9. The fraction of sp³-hybridized carbons (Fsp3) is 0.240. The Labute approximate surface area is 192 Å².